The molecular formula is C23H23N3O3. The van der Waals surface area contributed by atoms with Gasteiger partial charge in [0.25, 0.3) is 5.91 Å². The number of hydrogen-bond donors (Lipinski definition) is 2. The van der Waals surface area contributed by atoms with Gasteiger partial charge in [-0.25, -0.2) is 4.98 Å². The average molecular weight is 389 g/mol. The number of nitrogens with one attached hydrogen (secondary N) is 1. The van der Waals surface area contributed by atoms with Crippen molar-refractivity contribution < 1.29 is 14.3 Å². The first-order valence-electron chi connectivity index (χ1n) is 9.44. The maximum absolute atomic E-state index is 12.6. The van der Waals surface area contributed by atoms with Gasteiger partial charge in [0.2, 0.25) is 0 Å². The van der Waals surface area contributed by atoms with E-state index >= 15 is 0 Å². The Balaban J connectivity index is 1.68. The summed E-state index contributed by atoms with van der Waals surface area (Å²) in [6, 6.07) is 20.3. The van der Waals surface area contributed by atoms with Gasteiger partial charge in [0.15, 0.2) is 5.82 Å². The normalized spacial score (nSPS) is 10.4. The molecule has 1 amide bonds. The van der Waals surface area contributed by atoms with Crippen LogP contribution in [0.2, 0.25) is 0 Å². The number of amides is 1. The zero-order valence-corrected chi connectivity index (χ0v) is 16.2. The van der Waals surface area contributed by atoms with Crippen LogP contribution in [0.1, 0.15) is 29.3 Å². The number of aromatic nitrogens is 1. The van der Waals surface area contributed by atoms with E-state index in [0.717, 1.165) is 16.8 Å². The first-order chi connectivity index (χ1) is 14.1. The largest absolute Gasteiger partial charge is 0.466 e. The number of hydrogen-bond acceptors (Lipinski definition) is 5. The summed E-state index contributed by atoms with van der Waals surface area (Å²) >= 11 is 0. The summed E-state index contributed by atoms with van der Waals surface area (Å²) < 4.78 is 4.92. The minimum atomic E-state index is -0.300. The van der Waals surface area contributed by atoms with E-state index in [9.17, 15) is 9.59 Å². The Morgan fingerprint density at radius 3 is 2.41 bits per heavy atom. The summed E-state index contributed by atoms with van der Waals surface area (Å²) in [6.07, 6.45) is 0.875. The van der Waals surface area contributed by atoms with E-state index in [2.05, 4.69) is 10.3 Å². The van der Waals surface area contributed by atoms with Crippen LogP contribution in [0.15, 0.2) is 66.7 Å². The molecule has 0 aliphatic rings. The van der Waals surface area contributed by atoms with Crippen LogP contribution in [-0.2, 0) is 16.0 Å². The number of pyridine rings is 1. The van der Waals surface area contributed by atoms with Crippen molar-refractivity contribution >= 4 is 23.4 Å². The van der Waals surface area contributed by atoms with Crippen molar-refractivity contribution in [3.05, 3.63) is 77.9 Å². The van der Waals surface area contributed by atoms with Crippen LogP contribution in [0, 0.1) is 0 Å². The van der Waals surface area contributed by atoms with Crippen LogP contribution in [0.25, 0.3) is 11.3 Å². The van der Waals surface area contributed by atoms with Gasteiger partial charge in [-0.1, -0.05) is 42.5 Å². The topological polar surface area (TPSA) is 94.3 Å². The highest BCUT2D eigenvalue weighted by Crippen LogP contribution is 2.23. The van der Waals surface area contributed by atoms with Gasteiger partial charge in [0, 0.05) is 17.5 Å². The molecule has 0 aliphatic heterocycles. The molecule has 29 heavy (non-hydrogen) atoms. The maximum atomic E-state index is 12.6. The molecule has 0 saturated heterocycles. The smallest absolute Gasteiger partial charge is 0.306 e. The minimum absolute atomic E-state index is 0.228. The number of nitrogen functional groups attached to an aromatic ring is 1. The fourth-order valence-corrected chi connectivity index (χ4v) is 2.82. The van der Waals surface area contributed by atoms with Crippen molar-refractivity contribution in [2.45, 2.75) is 19.8 Å². The van der Waals surface area contributed by atoms with Gasteiger partial charge in [0.05, 0.1) is 18.0 Å². The van der Waals surface area contributed by atoms with Crippen molar-refractivity contribution in [3.8, 4) is 11.3 Å². The molecule has 148 valence electrons. The van der Waals surface area contributed by atoms with E-state index in [4.69, 9.17) is 10.5 Å². The highest BCUT2D eigenvalue weighted by Gasteiger charge is 2.11. The van der Waals surface area contributed by atoms with E-state index in [1.807, 2.05) is 48.5 Å². The first kappa shape index (κ1) is 20.1. The van der Waals surface area contributed by atoms with Crippen molar-refractivity contribution in [1.82, 2.24) is 4.98 Å². The summed E-state index contributed by atoms with van der Waals surface area (Å²) in [6.45, 7) is 2.16. The summed E-state index contributed by atoms with van der Waals surface area (Å²) in [5.74, 6) is -0.205. The fourth-order valence-electron chi connectivity index (χ4n) is 2.82. The highest BCUT2D eigenvalue weighted by molar-refractivity contribution is 6.05. The van der Waals surface area contributed by atoms with Crippen LogP contribution in [0.5, 0.6) is 0 Å². The van der Waals surface area contributed by atoms with E-state index in [-0.39, 0.29) is 11.9 Å². The molecule has 0 fully saturated rings. The number of anilines is 2. The number of carbonyl (C=O) groups excluding carboxylic acids is 2. The van der Waals surface area contributed by atoms with Gasteiger partial charge in [-0.05, 0) is 43.2 Å². The second kappa shape index (κ2) is 9.50. The Morgan fingerprint density at radius 1 is 1.00 bits per heavy atom. The van der Waals surface area contributed by atoms with Crippen molar-refractivity contribution in [2.75, 3.05) is 17.7 Å². The van der Waals surface area contributed by atoms with Crippen molar-refractivity contribution in [1.29, 1.82) is 0 Å². The number of ether oxygens (including phenoxy) is 1. The van der Waals surface area contributed by atoms with Crippen LogP contribution in [0.3, 0.4) is 0 Å². The second-order valence-corrected chi connectivity index (χ2v) is 6.46. The third-order valence-electron chi connectivity index (χ3n) is 4.37. The fraction of sp³-hybridized carbons (Fsp3) is 0.174. The Hall–Kier alpha value is -3.67. The molecule has 0 spiro atoms. The van der Waals surface area contributed by atoms with Gasteiger partial charge in [-0.3, -0.25) is 9.59 Å². The molecule has 3 aromatic rings. The summed E-state index contributed by atoms with van der Waals surface area (Å²) in [5, 5.41) is 2.77. The number of esters is 1. The van der Waals surface area contributed by atoms with E-state index < -0.39 is 0 Å². The Morgan fingerprint density at radius 2 is 1.72 bits per heavy atom. The molecule has 0 aliphatic carbocycles. The predicted octanol–water partition coefficient (Wildman–Crippen LogP) is 4.08. The average Bonchev–Trinajstić information content (AvgIpc) is 2.75. The Kier molecular flexibility index (Phi) is 6.58. The lowest BCUT2D eigenvalue weighted by atomic mass is 10.1. The SMILES string of the molecule is CCOC(=O)CCc1ccc(C(=O)Nc2nc(-c3ccccc3)ccc2N)cc1. The van der Waals surface area contributed by atoms with Crippen LogP contribution >= 0.6 is 0 Å². The lowest BCUT2D eigenvalue weighted by Crippen LogP contribution is -2.14. The number of carbonyl (C=O) groups is 2. The minimum Gasteiger partial charge on any atom is -0.466 e. The number of aryl methyl sites for hydroxylation is 1. The molecule has 0 bridgehead atoms. The third-order valence-corrected chi connectivity index (χ3v) is 4.37. The van der Waals surface area contributed by atoms with Gasteiger partial charge < -0.3 is 15.8 Å². The molecular weight excluding hydrogens is 366 g/mol. The third kappa shape index (κ3) is 5.42. The second-order valence-electron chi connectivity index (χ2n) is 6.46. The van der Waals surface area contributed by atoms with E-state index in [1.165, 1.54) is 0 Å². The highest BCUT2D eigenvalue weighted by atomic mass is 16.5. The quantitative estimate of drug-likeness (QED) is 0.594. The summed E-state index contributed by atoms with van der Waals surface area (Å²) in [4.78, 5) is 28.5. The zero-order chi connectivity index (χ0) is 20.6. The Bertz CT molecular complexity index is 986. The van der Waals surface area contributed by atoms with Crippen LogP contribution < -0.4 is 11.1 Å². The number of rotatable bonds is 7. The van der Waals surface area contributed by atoms with Gasteiger partial charge in [-0.15, -0.1) is 0 Å². The molecule has 0 atom stereocenters. The van der Waals surface area contributed by atoms with Gasteiger partial charge in [0.1, 0.15) is 0 Å². The lowest BCUT2D eigenvalue weighted by Gasteiger charge is -2.10. The van der Waals surface area contributed by atoms with Gasteiger partial charge in [-0.2, -0.15) is 0 Å². The van der Waals surface area contributed by atoms with Crippen LogP contribution in [0.4, 0.5) is 11.5 Å². The summed E-state index contributed by atoms with van der Waals surface area (Å²) in [7, 11) is 0. The van der Waals surface area contributed by atoms with Crippen molar-refractivity contribution in [3.63, 3.8) is 0 Å². The van der Waals surface area contributed by atoms with E-state index in [1.54, 1.807) is 25.1 Å². The lowest BCUT2D eigenvalue weighted by molar-refractivity contribution is -0.143. The summed E-state index contributed by atoms with van der Waals surface area (Å²) in [5.41, 5.74) is 9.49. The molecule has 0 saturated carbocycles. The molecule has 6 nitrogen and oxygen atoms in total. The zero-order valence-electron chi connectivity index (χ0n) is 16.2. The van der Waals surface area contributed by atoms with Crippen molar-refractivity contribution in [2.24, 2.45) is 0 Å². The van der Waals surface area contributed by atoms with E-state index in [0.29, 0.717) is 36.5 Å². The van der Waals surface area contributed by atoms with Crippen LogP contribution in [-0.4, -0.2) is 23.5 Å². The molecule has 1 aromatic heterocycles. The molecule has 3 N–H and O–H groups in total. The standard InChI is InChI=1S/C23H23N3O3/c1-2-29-21(27)15-10-16-8-11-18(12-9-16)23(28)26-22-19(24)13-14-20(25-22)17-6-4-3-5-7-17/h3-9,11-14H,2,10,15,24H2,1H3,(H,25,26,28). The first-order valence-corrected chi connectivity index (χ1v) is 9.44. The molecule has 0 unspecified atom stereocenters. The molecule has 2 aromatic carbocycles. The molecule has 3 rings (SSSR count). The Labute approximate surface area is 169 Å². The number of benzene rings is 2. The van der Waals surface area contributed by atoms with Gasteiger partial charge >= 0.3 is 5.97 Å². The molecule has 1 heterocycles. The maximum Gasteiger partial charge on any atom is 0.306 e. The number of nitrogens with zero attached hydrogens (tertiary/aromatic N) is 1. The molecule has 6 heteroatoms. The molecule has 0 radical (unpaired) electrons. The number of nitrogens with two attached hydrogens (primary N) is 1. The monoisotopic (exact) mass is 389 g/mol. The predicted molar refractivity (Wildman–Crippen MR) is 113 cm³/mol.